The average molecular weight is 400 g/mol. The van der Waals surface area contributed by atoms with Crippen LogP contribution in [0.2, 0.25) is 0 Å². The Bertz CT molecular complexity index is 803. The molecule has 1 saturated heterocycles. The standard InChI is InChI=1S/C22H28N2O5/c1-26-17-6-4-16(5-7-17)20(24-10-12-29-13-11-24)15-23-22(25)19-14-18(27-2)8-9-21(19)28-3/h4-9,14,20H,10-13,15H2,1-3H3,(H,23,25). The molecule has 1 aliphatic heterocycles. The number of nitrogens with one attached hydrogen (secondary N) is 1. The van der Waals surface area contributed by atoms with Crippen molar-refractivity contribution in [3.63, 3.8) is 0 Å². The number of nitrogens with zero attached hydrogens (tertiary/aromatic N) is 1. The molecule has 1 aliphatic rings. The first-order valence-electron chi connectivity index (χ1n) is 9.62. The molecule has 0 radical (unpaired) electrons. The van der Waals surface area contributed by atoms with Crippen LogP contribution in [-0.4, -0.2) is 65.0 Å². The molecule has 1 fully saturated rings. The summed E-state index contributed by atoms with van der Waals surface area (Å²) in [4.78, 5) is 15.2. The second kappa shape index (κ2) is 10.1. The third-order valence-electron chi connectivity index (χ3n) is 5.09. The zero-order valence-corrected chi connectivity index (χ0v) is 17.1. The molecule has 1 heterocycles. The molecule has 29 heavy (non-hydrogen) atoms. The van der Waals surface area contributed by atoms with Crippen molar-refractivity contribution in [3.8, 4) is 17.2 Å². The number of morpholine rings is 1. The average Bonchev–Trinajstić information content (AvgIpc) is 2.79. The Morgan fingerprint density at radius 1 is 1.00 bits per heavy atom. The Balaban J connectivity index is 1.78. The Labute approximate surface area is 171 Å². The summed E-state index contributed by atoms with van der Waals surface area (Å²) in [5.74, 6) is 1.72. The SMILES string of the molecule is COc1ccc(C(CNC(=O)c2cc(OC)ccc2OC)N2CCOCC2)cc1. The van der Waals surface area contributed by atoms with Crippen LogP contribution >= 0.6 is 0 Å². The van der Waals surface area contributed by atoms with Crippen LogP contribution in [0.1, 0.15) is 22.0 Å². The summed E-state index contributed by atoms with van der Waals surface area (Å²) in [6.07, 6.45) is 0. The summed E-state index contributed by atoms with van der Waals surface area (Å²) in [7, 11) is 4.77. The van der Waals surface area contributed by atoms with E-state index < -0.39 is 0 Å². The summed E-state index contributed by atoms with van der Waals surface area (Å²) in [5, 5.41) is 3.06. The Morgan fingerprint density at radius 2 is 1.66 bits per heavy atom. The Hall–Kier alpha value is -2.77. The fourth-order valence-corrected chi connectivity index (χ4v) is 3.45. The lowest BCUT2D eigenvalue weighted by Gasteiger charge is -2.35. The first-order valence-corrected chi connectivity index (χ1v) is 9.62. The molecule has 1 N–H and O–H groups in total. The molecule has 0 saturated carbocycles. The molecule has 3 rings (SSSR count). The minimum atomic E-state index is -0.201. The largest absolute Gasteiger partial charge is 0.497 e. The van der Waals surface area contributed by atoms with E-state index in [-0.39, 0.29) is 11.9 Å². The van der Waals surface area contributed by atoms with Crippen molar-refractivity contribution in [2.24, 2.45) is 0 Å². The number of carbonyl (C=O) groups is 1. The summed E-state index contributed by atoms with van der Waals surface area (Å²) in [6, 6.07) is 13.2. The van der Waals surface area contributed by atoms with Crippen molar-refractivity contribution in [2.45, 2.75) is 6.04 Å². The molecule has 7 heteroatoms. The van der Waals surface area contributed by atoms with Crippen molar-refractivity contribution in [1.29, 1.82) is 0 Å². The van der Waals surface area contributed by atoms with E-state index in [0.29, 0.717) is 36.8 Å². The normalized spacial score (nSPS) is 15.4. The highest BCUT2D eigenvalue weighted by atomic mass is 16.5. The molecule has 0 spiro atoms. The molecule has 7 nitrogen and oxygen atoms in total. The first-order chi connectivity index (χ1) is 14.2. The number of hydrogen-bond donors (Lipinski definition) is 1. The molecule has 0 bridgehead atoms. The summed E-state index contributed by atoms with van der Waals surface area (Å²) in [6.45, 7) is 3.46. The van der Waals surface area contributed by atoms with Crippen LogP contribution < -0.4 is 19.5 Å². The van der Waals surface area contributed by atoms with Gasteiger partial charge in [-0.25, -0.2) is 0 Å². The van der Waals surface area contributed by atoms with E-state index in [9.17, 15) is 4.79 Å². The van der Waals surface area contributed by atoms with Crippen LogP contribution in [0.4, 0.5) is 0 Å². The maximum Gasteiger partial charge on any atom is 0.255 e. The van der Waals surface area contributed by atoms with Gasteiger partial charge in [-0.15, -0.1) is 0 Å². The van der Waals surface area contributed by atoms with Crippen LogP contribution in [0.3, 0.4) is 0 Å². The molecule has 1 unspecified atom stereocenters. The Morgan fingerprint density at radius 3 is 2.28 bits per heavy atom. The van der Waals surface area contributed by atoms with E-state index in [2.05, 4.69) is 10.2 Å². The second-order valence-electron chi connectivity index (χ2n) is 6.71. The van der Waals surface area contributed by atoms with Gasteiger partial charge >= 0.3 is 0 Å². The second-order valence-corrected chi connectivity index (χ2v) is 6.71. The van der Waals surface area contributed by atoms with Crippen molar-refractivity contribution in [3.05, 3.63) is 53.6 Å². The van der Waals surface area contributed by atoms with Gasteiger partial charge in [0, 0.05) is 19.6 Å². The van der Waals surface area contributed by atoms with Crippen molar-refractivity contribution in [2.75, 3.05) is 54.2 Å². The summed E-state index contributed by atoms with van der Waals surface area (Å²) < 4.78 is 21.4. The minimum absolute atomic E-state index is 0.0327. The Kier molecular flexibility index (Phi) is 7.32. The molecular formula is C22H28N2O5. The fourth-order valence-electron chi connectivity index (χ4n) is 3.45. The lowest BCUT2D eigenvalue weighted by atomic mass is 10.0. The zero-order chi connectivity index (χ0) is 20.6. The van der Waals surface area contributed by atoms with Gasteiger partial charge in [0.25, 0.3) is 5.91 Å². The maximum atomic E-state index is 12.9. The minimum Gasteiger partial charge on any atom is -0.497 e. The van der Waals surface area contributed by atoms with E-state index >= 15 is 0 Å². The van der Waals surface area contributed by atoms with Crippen LogP contribution in [0, 0.1) is 0 Å². The number of ether oxygens (including phenoxy) is 4. The third-order valence-corrected chi connectivity index (χ3v) is 5.09. The number of amides is 1. The molecule has 1 atom stereocenters. The van der Waals surface area contributed by atoms with Gasteiger partial charge in [0.05, 0.1) is 46.1 Å². The number of carbonyl (C=O) groups excluding carboxylic acids is 1. The molecule has 1 amide bonds. The highest BCUT2D eigenvalue weighted by Gasteiger charge is 2.24. The van der Waals surface area contributed by atoms with E-state index in [4.69, 9.17) is 18.9 Å². The van der Waals surface area contributed by atoms with Crippen molar-refractivity contribution in [1.82, 2.24) is 10.2 Å². The summed E-state index contributed by atoms with van der Waals surface area (Å²) >= 11 is 0. The molecule has 0 aliphatic carbocycles. The lowest BCUT2D eigenvalue weighted by Crippen LogP contribution is -2.43. The molecule has 156 valence electrons. The van der Waals surface area contributed by atoms with Crippen LogP contribution in [-0.2, 0) is 4.74 Å². The van der Waals surface area contributed by atoms with Gasteiger partial charge in [-0.2, -0.15) is 0 Å². The highest BCUT2D eigenvalue weighted by molar-refractivity contribution is 5.97. The van der Waals surface area contributed by atoms with Gasteiger partial charge in [0.1, 0.15) is 17.2 Å². The number of hydrogen-bond acceptors (Lipinski definition) is 6. The smallest absolute Gasteiger partial charge is 0.255 e. The van der Waals surface area contributed by atoms with E-state index in [1.807, 2.05) is 24.3 Å². The number of rotatable bonds is 8. The van der Waals surface area contributed by atoms with Gasteiger partial charge in [-0.3, -0.25) is 9.69 Å². The predicted molar refractivity (Wildman–Crippen MR) is 110 cm³/mol. The third kappa shape index (κ3) is 5.19. The van der Waals surface area contributed by atoms with Gasteiger partial charge in [-0.05, 0) is 35.9 Å². The van der Waals surface area contributed by atoms with Gasteiger partial charge in [0.2, 0.25) is 0 Å². The highest BCUT2D eigenvalue weighted by Crippen LogP contribution is 2.26. The topological polar surface area (TPSA) is 69.3 Å². The van der Waals surface area contributed by atoms with Crippen LogP contribution in [0.25, 0.3) is 0 Å². The molecule has 2 aromatic rings. The van der Waals surface area contributed by atoms with Crippen molar-refractivity contribution < 1.29 is 23.7 Å². The van der Waals surface area contributed by atoms with E-state index in [0.717, 1.165) is 24.4 Å². The molecule has 0 aromatic heterocycles. The monoisotopic (exact) mass is 400 g/mol. The van der Waals surface area contributed by atoms with E-state index in [1.54, 1.807) is 39.5 Å². The predicted octanol–water partition coefficient (Wildman–Crippen LogP) is 2.52. The maximum absolute atomic E-state index is 12.9. The summed E-state index contributed by atoms with van der Waals surface area (Å²) in [5.41, 5.74) is 1.56. The molecule has 2 aromatic carbocycles. The van der Waals surface area contributed by atoms with Gasteiger partial charge < -0.3 is 24.3 Å². The van der Waals surface area contributed by atoms with Crippen LogP contribution in [0.5, 0.6) is 17.2 Å². The van der Waals surface area contributed by atoms with Crippen LogP contribution in [0.15, 0.2) is 42.5 Å². The van der Waals surface area contributed by atoms with E-state index in [1.165, 1.54) is 0 Å². The lowest BCUT2D eigenvalue weighted by molar-refractivity contribution is 0.0162. The fraction of sp³-hybridized carbons (Fsp3) is 0.409. The van der Waals surface area contributed by atoms with Gasteiger partial charge in [0.15, 0.2) is 0 Å². The van der Waals surface area contributed by atoms with Crippen molar-refractivity contribution >= 4 is 5.91 Å². The molecular weight excluding hydrogens is 372 g/mol. The number of benzene rings is 2. The van der Waals surface area contributed by atoms with Gasteiger partial charge in [-0.1, -0.05) is 12.1 Å². The zero-order valence-electron chi connectivity index (χ0n) is 17.1. The first kappa shape index (κ1) is 21.0. The quantitative estimate of drug-likeness (QED) is 0.734. The number of methoxy groups -OCH3 is 3.